The van der Waals surface area contributed by atoms with Crippen molar-refractivity contribution in [1.82, 2.24) is 9.97 Å². The average Bonchev–Trinajstić information content (AvgIpc) is 3.55. The van der Waals surface area contributed by atoms with Crippen molar-refractivity contribution in [3.8, 4) is 0 Å². The number of benzene rings is 4. The van der Waals surface area contributed by atoms with Gasteiger partial charge < -0.3 is 9.97 Å². The van der Waals surface area contributed by atoms with Gasteiger partial charge in [0, 0.05) is 45.3 Å². The smallest absolute Gasteiger partial charge is 0.193 e. The number of carbonyl (C=O) groups is 1. The highest BCUT2D eigenvalue weighted by Gasteiger charge is 2.10. The molecule has 6 rings (SSSR count). The van der Waals surface area contributed by atoms with Crippen LogP contribution in [-0.4, -0.2) is 15.8 Å². The summed E-state index contributed by atoms with van der Waals surface area (Å²) < 4.78 is 0. The summed E-state index contributed by atoms with van der Waals surface area (Å²) in [5.74, 6) is 0.0707. The SMILES string of the molecule is O=C(c1ccc(CCc2c[nH]c3ccccc23)cc1)c1ccc(CCc2c[nH]c3ccccc23)cc1. The first-order valence-electron chi connectivity index (χ1n) is 12.6. The van der Waals surface area contributed by atoms with Gasteiger partial charge in [-0.15, -0.1) is 0 Å². The molecule has 0 atom stereocenters. The molecule has 2 N–H and O–H groups in total. The van der Waals surface area contributed by atoms with Crippen molar-refractivity contribution in [2.24, 2.45) is 0 Å². The van der Waals surface area contributed by atoms with E-state index in [2.05, 4.69) is 95.2 Å². The number of rotatable bonds is 8. The second-order valence-corrected chi connectivity index (χ2v) is 9.44. The number of H-pyrrole nitrogens is 2. The van der Waals surface area contributed by atoms with Crippen LogP contribution in [0.2, 0.25) is 0 Å². The minimum Gasteiger partial charge on any atom is -0.361 e. The molecule has 3 nitrogen and oxygen atoms in total. The first kappa shape index (κ1) is 22.1. The lowest BCUT2D eigenvalue weighted by Gasteiger charge is -2.06. The average molecular weight is 469 g/mol. The number of ketones is 1. The van der Waals surface area contributed by atoms with Gasteiger partial charge >= 0.3 is 0 Å². The summed E-state index contributed by atoms with van der Waals surface area (Å²) >= 11 is 0. The molecule has 0 radical (unpaired) electrons. The van der Waals surface area contributed by atoms with E-state index < -0.39 is 0 Å². The Kier molecular flexibility index (Phi) is 5.96. The Bertz CT molecular complexity index is 1510. The summed E-state index contributed by atoms with van der Waals surface area (Å²) in [4.78, 5) is 19.7. The summed E-state index contributed by atoms with van der Waals surface area (Å²) in [6, 6.07) is 33.0. The molecule has 0 bridgehead atoms. The summed E-state index contributed by atoms with van der Waals surface area (Å²) in [5, 5.41) is 2.57. The molecule has 0 fully saturated rings. The second-order valence-electron chi connectivity index (χ2n) is 9.44. The second kappa shape index (κ2) is 9.71. The summed E-state index contributed by atoms with van der Waals surface area (Å²) in [5.41, 5.74) is 8.96. The lowest BCUT2D eigenvalue weighted by Crippen LogP contribution is -2.02. The molecule has 36 heavy (non-hydrogen) atoms. The maximum absolute atomic E-state index is 13.0. The Hall–Kier alpha value is -4.37. The Morgan fingerprint density at radius 3 is 1.36 bits per heavy atom. The number of hydrogen-bond donors (Lipinski definition) is 2. The lowest BCUT2D eigenvalue weighted by molar-refractivity contribution is 0.103. The van der Waals surface area contributed by atoms with Gasteiger partial charge in [-0.05, 0) is 60.1 Å². The van der Waals surface area contributed by atoms with E-state index in [1.807, 2.05) is 24.3 Å². The fourth-order valence-electron chi connectivity index (χ4n) is 5.05. The van der Waals surface area contributed by atoms with Crippen LogP contribution in [0, 0.1) is 0 Å². The number of aromatic amines is 2. The van der Waals surface area contributed by atoms with Gasteiger partial charge in [-0.3, -0.25) is 4.79 Å². The van der Waals surface area contributed by atoms with Crippen LogP contribution in [0.25, 0.3) is 21.8 Å². The predicted molar refractivity (Wildman–Crippen MR) is 148 cm³/mol. The molecule has 176 valence electrons. The molecule has 2 aromatic heterocycles. The van der Waals surface area contributed by atoms with E-state index in [9.17, 15) is 4.79 Å². The van der Waals surface area contributed by atoms with Gasteiger partial charge in [0.1, 0.15) is 0 Å². The van der Waals surface area contributed by atoms with E-state index in [-0.39, 0.29) is 5.78 Å². The number of hydrogen-bond acceptors (Lipinski definition) is 1. The lowest BCUT2D eigenvalue weighted by atomic mass is 9.97. The monoisotopic (exact) mass is 468 g/mol. The minimum absolute atomic E-state index is 0.0707. The van der Waals surface area contributed by atoms with Crippen molar-refractivity contribution < 1.29 is 4.79 Å². The van der Waals surface area contributed by atoms with Crippen molar-refractivity contribution >= 4 is 27.6 Å². The largest absolute Gasteiger partial charge is 0.361 e. The van der Waals surface area contributed by atoms with Crippen molar-refractivity contribution in [3.63, 3.8) is 0 Å². The molecular formula is C33H28N2O. The number of para-hydroxylation sites is 2. The number of carbonyl (C=O) groups excluding carboxylic acids is 1. The Morgan fingerprint density at radius 2 is 0.917 bits per heavy atom. The van der Waals surface area contributed by atoms with Crippen molar-refractivity contribution in [2.75, 3.05) is 0 Å². The maximum atomic E-state index is 13.0. The fraction of sp³-hybridized carbons (Fsp3) is 0.121. The van der Waals surface area contributed by atoms with Crippen molar-refractivity contribution in [3.05, 3.63) is 143 Å². The molecular weight excluding hydrogens is 440 g/mol. The number of nitrogens with one attached hydrogen (secondary N) is 2. The summed E-state index contributed by atoms with van der Waals surface area (Å²) in [6.45, 7) is 0. The number of aryl methyl sites for hydroxylation is 4. The van der Waals surface area contributed by atoms with Crippen LogP contribution in [0.5, 0.6) is 0 Å². The highest BCUT2D eigenvalue weighted by molar-refractivity contribution is 6.09. The first-order chi connectivity index (χ1) is 17.7. The predicted octanol–water partition coefficient (Wildman–Crippen LogP) is 7.45. The standard InChI is InChI=1S/C33H28N2O/c36-33(25-15-9-23(10-16-25)13-19-27-21-34-31-7-3-1-5-29(27)31)26-17-11-24(12-18-26)14-20-28-22-35-32-8-4-2-6-30(28)32/h1-12,15-18,21-22,34-35H,13-14,19-20H2. The van der Waals surface area contributed by atoms with Crippen LogP contribution in [-0.2, 0) is 25.7 Å². The zero-order valence-corrected chi connectivity index (χ0v) is 20.1. The van der Waals surface area contributed by atoms with Gasteiger partial charge in [-0.2, -0.15) is 0 Å². The summed E-state index contributed by atoms with van der Waals surface area (Å²) in [6.07, 6.45) is 8.04. The highest BCUT2D eigenvalue weighted by atomic mass is 16.1. The van der Waals surface area contributed by atoms with Crippen LogP contribution in [0.4, 0.5) is 0 Å². The van der Waals surface area contributed by atoms with Gasteiger partial charge in [0.2, 0.25) is 0 Å². The molecule has 0 saturated carbocycles. The van der Waals surface area contributed by atoms with E-state index in [0.717, 1.165) is 36.8 Å². The van der Waals surface area contributed by atoms with Gasteiger partial charge in [0.15, 0.2) is 5.78 Å². The van der Waals surface area contributed by atoms with E-state index in [0.29, 0.717) is 0 Å². The molecule has 0 amide bonds. The molecule has 0 saturated heterocycles. The Morgan fingerprint density at radius 1 is 0.500 bits per heavy atom. The van der Waals surface area contributed by atoms with Crippen molar-refractivity contribution in [2.45, 2.75) is 25.7 Å². The van der Waals surface area contributed by atoms with Crippen molar-refractivity contribution in [1.29, 1.82) is 0 Å². The molecule has 0 unspecified atom stereocenters. The minimum atomic E-state index is 0.0707. The van der Waals surface area contributed by atoms with E-state index >= 15 is 0 Å². The van der Waals surface area contributed by atoms with Crippen LogP contribution < -0.4 is 0 Å². The molecule has 0 spiro atoms. The van der Waals surface area contributed by atoms with Gasteiger partial charge in [-0.1, -0.05) is 84.9 Å². The van der Waals surface area contributed by atoms with Gasteiger partial charge in [0.25, 0.3) is 0 Å². The van der Waals surface area contributed by atoms with Crippen LogP contribution in [0.1, 0.15) is 38.2 Å². The summed E-state index contributed by atoms with van der Waals surface area (Å²) in [7, 11) is 0. The quantitative estimate of drug-likeness (QED) is 0.224. The molecule has 0 aliphatic rings. The van der Waals surface area contributed by atoms with Crippen LogP contribution in [0.15, 0.2) is 109 Å². The van der Waals surface area contributed by atoms with E-state index in [4.69, 9.17) is 0 Å². The fourth-order valence-corrected chi connectivity index (χ4v) is 5.05. The zero-order valence-electron chi connectivity index (χ0n) is 20.1. The zero-order chi connectivity index (χ0) is 24.3. The van der Waals surface area contributed by atoms with Crippen LogP contribution >= 0.6 is 0 Å². The Labute approximate surface area is 210 Å². The number of aromatic nitrogens is 2. The molecule has 6 aromatic rings. The molecule has 3 heteroatoms. The molecule has 2 heterocycles. The molecule has 0 aliphatic heterocycles. The maximum Gasteiger partial charge on any atom is 0.193 e. The third-order valence-corrected chi connectivity index (χ3v) is 7.15. The third kappa shape index (κ3) is 4.48. The van der Waals surface area contributed by atoms with Gasteiger partial charge in [0.05, 0.1) is 0 Å². The number of fused-ring (bicyclic) bond motifs is 2. The normalized spacial score (nSPS) is 11.3. The van der Waals surface area contributed by atoms with E-state index in [1.165, 1.54) is 44.1 Å². The molecule has 4 aromatic carbocycles. The third-order valence-electron chi connectivity index (χ3n) is 7.15. The molecule has 0 aliphatic carbocycles. The van der Waals surface area contributed by atoms with Crippen LogP contribution in [0.3, 0.4) is 0 Å². The van der Waals surface area contributed by atoms with Gasteiger partial charge in [-0.25, -0.2) is 0 Å². The first-order valence-corrected chi connectivity index (χ1v) is 12.6. The highest BCUT2D eigenvalue weighted by Crippen LogP contribution is 2.21. The Balaban J connectivity index is 1.07. The van der Waals surface area contributed by atoms with E-state index in [1.54, 1.807) is 0 Å². The topological polar surface area (TPSA) is 48.6 Å².